The van der Waals surface area contributed by atoms with E-state index in [1.165, 1.54) is 160 Å². The van der Waals surface area contributed by atoms with Crippen molar-refractivity contribution in [3.8, 4) is 33.4 Å². The summed E-state index contributed by atoms with van der Waals surface area (Å²) in [5, 5.41) is 7.23. The molecule has 4 aromatic carbocycles. The first-order chi connectivity index (χ1) is 26.1. The van der Waals surface area contributed by atoms with Gasteiger partial charge in [-0.15, -0.1) is 0 Å². The molecule has 1 aliphatic rings. The van der Waals surface area contributed by atoms with E-state index in [1.54, 1.807) is 11.1 Å². The van der Waals surface area contributed by atoms with Crippen LogP contribution in [-0.4, -0.2) is 13.1 Å². The summed E-state index contributed by atoms with van der Waals surface area (Å²) in [5.74, 6) is 0. The van der Waals surface area contributed by atoms with E-state index in [0.29, 0.717) is 0 Å². The number of unbranched alkanes of at least 4 members (excludes halogenated alkanes) is 12. The Labute approximate surface area is 325 Å². The zero-order valence-electron chi connectivity index (χ0n) is 34.1. The number of rotatable bonds is 26. The molecular formula is C51H72N2. The van der Waals surface area contributed by atoms with Crippen molar-refractivity contribution in [2.75, 3.05) is 13.1 Å². The van der Waals surface area contributed by atoms with E-state index in [-0.39, 0.29) is 5.41 Å². The fraction of sp³-hybridized carbons (Fsp3) is 0.529. The van der Waals surface area contributed by atoms with Crippen LogP contribution in [0.1, 0.15) is 166 Å². The highest BCUT2D eigenvalue weighted by Crippen LogP contribution is 2.55. The third kappa shape index (κ3) is 11.4. The van der Waals surface area contributed by atoms with Gasteiger partial charge in [-0.05, 0) is 107 Å². The summed E-state index contributed by atoms with van der Waals surface area (Å²) in [5.41, 5.74) is 14.3. The Bertz CT molecular complexity index is 1490. The lowest BCUT2D eigenvalue weighted by molar-refractivity contribution is 0.398. The first-order valence-corrected chi connectivity index (χ1v) is 22.0. The van der Waals surface area contributed by atoms with Crippen molar-refractivity contribution in [2.45, 2.75) is 162 Å². The number of benzene rings is 4. The van der Waals surface area contributed by atoms with E-state index in [1.807, 2.05) is 0 Å². The predicted octanol–water partition coefficient (Wildman–Crippen LogP) is 14.6. The maximum Gasteiger partial charge on any atom is 0.0215 e. The molecule has 286 valence electrons. The van der Waals surface area contributed by atoms with Crippen LogP contribution >= 0.6 is 0 Å². The Morgan fingerprint density at radius 1 is 0.377 bits per heavy atom. The van der Waals surface area contributed by atoms with Crippen molar-refractivity contribution in [2.24, 2.45) is 0 Å². The molecule has 0 bridgehead atoms. The highest BCUT2D eigenvalue weighted by Gasteiger charge is 2.42. The highest BCUT2D eigenvalue weighted by atomic mass is 14.8. The lowest BCUT2D eigenvalue weighted by Gasteiger charge is -2.33. The van der Waals surface area contributed by atoms with Gasteiger partial charge in [-0.3, -0.25) is 0 Å². The van der Waals surface area contributed by atoms with Crippen molar-refractivity contribution < 1.29 is 0 Å². The fourth-order valence-corrected chi connectivity index (χ4v) is 8.63. The maximum atomic E-state index is 3.62. The lowest BCUT2D eigenvalue weighted by atomic mass is 9.70. The van der Waals surface area contributed by atoms with Crippen LogP contribution < -0.4 is 10.6 Å². The van der Waals surface area contributed by atoms with Crippen LogP contribution in [0.2, 0.25) is 0 Å². The number of fused-ring (bicyclic) bond motifs is 3. The Morgan fingerprint density at radius 2 is 0.736 bits per heavy atom. The molecule has 0 amide bonds. The van der Waals surface area contributed by atoms with Gasteiger partial charge in [0.25, 0.3) is 0 Å². The second kappa shape index (κ2) is 22.2. The summed E-state index contributed by atoms with van der Waals surface area (Å²) in [7, 11) is 0. The van der Waals surface area contributed by atoms with E-state index in [9.17, 15) is 0 Å². The highest BCUT2D eigenvalue weighted by molar-refractivity contribution is 5.86. The van der Waals surface area contributed by atoms with E-state index >= 15 is 0 Å². The van der Waals surface area contributed by atoms with E-state index in [4.69, 9.17) is 0 Å². The van der Waals surface area contributed by atoms with Gasteiger partial charge in [-0.25, -0.2) is 0 Å². The summed E-state index contributed by atoms with van der Waals surface area (Å²) in [4.78, 5) is 0. The normalized spacial score (nSPS) is 13.0. The third-order valence-electron chi connectivity index (χ3n) is 11.9. The monoisotopic (exact) mass is 713 g/mol. The minimum absolute atomic E-state index is 0.0540. The quantitative estimate of drug-likeness (QED) is 0.0633. The average molecular weight is 713 g/mol. The fourth-order valence-electron chi connectivity index (χ4n) is 8.63. The van der Waals surface area contributed by atoms with Crippen LogP contribution in [0, 0.1) is 0 Å². The van der Waals surface area contributed by atoms with Gasteiger partial charge in [0.05, 0.1) is 0 Å². The van der Waals surface area contributed by atoms with E-state index in [0.717, 1.165) is 26.2 Å². The molecule has 4 aromatic rings. The summed E-state index contributed by atoms with van der Waals surface area (Å²) in [6.45, 7) is 13.2. The molecule has 0 unspecified atom stereocenters. The Kier molecular flexibility index (Phi) is 17.2. The van der Waals surface area contributed by atoms with Crippen LogP contribution in [-0.2, 0) is 18.5 Å². The molecule has 2 heteroatoms. The Hall–Kier alpha value is -3.20. The number of nitrogens with one attached hydrogen (secondary N) is 2. The minimum Gasteiger partial charge on any atom is -0.313 e. The molecule has 0 spiro atoms. The number of hydrogen-bond acceptors (Lipinski definition) is 2. The first-order valence-electron chi connectivity index (χ1n) is 22.0. The second-order valence-corrected chi connectivity index (χ2v) is 16.1. The molecule has 0 atom stereocenters. The molecule has 0 fully saturated rings. The van der Waals surface area contributed by atoms with Gasteiger partial charge < -0.3 is 10.6 Å². The SMILES string of the molecule is CCCCCCCCC1(CCCCCCCC)c2cc(-c3ccc(CNCCCC)cc3)ccc2-c2ccc(-c3ccc(CNCCCC)cc3)cc21. The van der Waals surface area contributed by atoms with Gasteiger partial charge in [0.2, 0.25) is 0 Å². The summed E-state index contributed by atoms with van der Waals surface area (Å²) < 4.78 is 0. The molecule has 0 heterocycles. The molecular weight excluding hydrogens is 641 g/mol. The summed E-state index contributed by atoms with van der Waals surface area (Å²) in [6.07, 6.45) is 23.5. The first kappa shape index (κ1) is 41.0. The Balaban J connectivity index is 1.48. The summed E-state index contributed by atoms with van der Waals surface area (Å²) in [6, 6.07) is 33.7. The molecule has 0 aliphatic heterocycles. The lowest BCUT2D eigenvalue weighted by Crippen LogP contribution is -2.25. The second-order valence-electron chi connectivity index (χ2n) is 16.1. The van der Waals surface area contributed by atoms with Gasteiger partial charge in [-0.2, -0.15) is 0 Å². The molecule has 0 radical (unpaired) electrons. The maximum absolute atomic E-state index is 3.62. The van der Waals surface area contributed by atoms with Gasteiger partial charge in [0.15, 0.2) is 0 Å². The predicted molar refractivity (Wildman–Crippen MR) is 233 cm³/mol. The molecule has 53 heavy (non-hydrogen) atoms. The molecule has 1 aliphatic carbocycles. The summed E-state index contributed by atoms with van der Waals surface area (Å²) >= 11 is 0. The van der Waals surface area contributed by atoms with Crippen LogP contribution in [0.3, 0.4) is 0 Å². The van der Waals surface area contributed by atoms with Crippen molar-refractivity contribution in [3.05, 3.63) is 107 Å². The van der Waals surface area contributed by atoms with Crippen LogP contribution in [0.25, 0.3) is 33.4 Å². The third-order valence-corrected chi connectivity index (χ3v) is 11.9. The zero-order chi connectivity index (χ0) is 37.1. The van der Waals surface area contributed by atoms with Crippen molar-refractivity contribution in [1.29, 1.82) is 0 Å². The molecule has 0 saturated carbocycles. The standard InChI is InChI=1S/C51H72N2/c1-5-9-13-15-17-19-33-51(34-20-18-16-14-10-6-2)49-37-45(43-25-21-41(22-26-43)39-52-35-11-7-3)29-31-47(49)48-32-30-46(38-50(48)51)44-27-23-42(24-28-44)40-53-36-12-8-4/h21-32,37-38,52-53H,5-20,33-36,39-40H2,1-4H3. The molecule has 0 saturated heterocycles. The van der Waals surface area contributed by atoms with Gasteiger partial charge >= 0.3 is 0 Å². The largest absolute Gasteiger partial charge is 0.313 e. The topological polar surface area (TPSA) is 24.1 Å². The Morgan fingerprint density at radius 3 is 1.13 bits per heavy atom. The average Bonchev–Trinajstić information content (AvgIpc) is 3.46. The molecule has 2 nitrogen and oxygen atoms in total. The van der Waals surface area contributed by atoms with Crippen molar-refractivity contribution >= 4 is 0 Å². The molecule has 0 aromatic heterocycles. The minimum atomic E-state index is 0.0540. The van der Waals surface area contributed by atoms with E-state index in [2.05, 4.69) is 123 Å². The van der Waals surface area contributed by atoms with Gasteiger partial charge in [-0.1, -0.05) is 190 Å². The smallest absolute Gasteiger partial charge is 0.0215 e. The van der Waals surface area contributed by atoms with E-state index < -0.39 is 0 Å². The van der Waals surface area contributed by atoms with Crippen LogP contribution in [0.4, 0.5) is 0 Å². The number of hydrogen-bond donors (Lipinski definition) is 2. The molecule has 2 N–H and O–H groups in total. The van der Waals surface area contributed by atoms with Gasteiger partial charge in [0.1, 0.15) is 0 Å². The van der Waals surface area contributed by atoms with Crippen molar-refractivity contribution in [1.82, 2.24) is 10.6 Å². The van der Waals surface area contributed by atoms with Gasteiger partial charge in [0, 0.05) is 18.5 Å². The van der Waals surface area contributed by atoms with Crippen LogP contribution in [0.5, 0.6) is 0 Å². The van der Waals surface area contributed by atoms with Crippen molar-refractivity contribution in [3.63, 3.8) is 0 Å². The zero-order valence-corrected chi connectivity index (χ0v) is 34.1. The molecule has 5 rings (SSSR count). The van der Waals surface area contributed by atoms with Crippen LogP contribution in [0.15, 0.2) is 84.9 Å².